The van der Waals surface area contributed by atoms with Gasteiger partial charge in [0.05, 0.1) is 29.5 Å². The summed E-state index contributed by atoms with van der Waals surface area (Å²) >= 11 is 0. The lowest BCUT2D eigenvalue weighted by molar-refractivity contribution is -0.144. The number of aliphatic hydroxyl groups excluding tert-OH is 1. The minimum absolute atomic E-state index is 0.0306. The fraction of sp³-hybridized carbons (Fsp3) is 0.481. The van der Waals surface area contributed by atoms with Gasteiger partial charge in [-0.3, -0.25) is 19.4 Å². The second-order valence-electron chi connectivity index (χ2n) is 11.2. The van der Waals surface area contributed by atoms with Crippen molar-refractivity contribution in [2.24, 2.45) is 5.41 Å². The van der Waals surface area contributed by atoms with Crippen LogP contribution in [0, 0.1) is 5.41 Å². The largest absolute Gasteiger partial charge is 0.391 e. The fourth-order valence-corrected chi connectivity index (χ4v) is 5.02. The lowest BCUT2D eigenvalue weighted by Crippen LogP contribution is -2.51. The Kier molecular flexibility index (Phi) is 6.87. The molecule has 11 nitrogen and oxygen atoms in total. The lowest BCUT2D eigenvalue weighted by Gasteiger charge is -2.34. The molecule has 2 aromatic heterocycles. The Labute approximate surface area is 220 Å². The molecule has 1 aliphatic heterocycles. The van der Waals surface area contributed by atoms with Crippen molar-refractivity contribution in [1.29, 1.82) is 0 Å². The number of pyridine rings is 1. The highest BCUT2D eigenvalue weighted by atomic mass is 16.3. The molecule has 3 amide bonds. The third kappa shape index (κ3) is 5.38. The summed E-state index contributed by atoms with van der Waals surface area (Å²) in [7, 11) is 0. The maximum Gasteiger partial charge on any atom is 0.248 e. The number of likely N-dealkylation sites (tertiary alicyclic amines) is 1. The molecule has 2 aliphatic rings. The number of β-amino-alcohol motifs (C(OH)–C–C–N with tert-alkyl or cyclic N) is 1. The predicted octanol–water partition coefficient (Wildman–Crippen LogP) is 2.01. The molecule has 3 atom stereocenters. The molecule has 1 saturated heterocycles. The van der Waals surface area contributed by atoms with Gasteiger partial charge in [0.15, 0.2) is 0 Å². The second-order valence-corrected chi connectivity index (χ2v) is 11.2. The summed E-state index contributed by atoms with van der Waals surface area (Å²) in [6.45, 7) is 5.55. The number of aromatic nitrogens is 4. The molecule has 200 valence electrons. The van der Waals surface area contributed by atoms with Crippen LogP contribution in [0.3, 0.4) is 0 Å². The van der Waals surface area contributed by atoms with Crippen LogP contribution in [0.5, 0.6) is 0 Å². The Morgan fingerprint density at radius 2 is 1.95 bits per heavy atom. The van der Waals surface area contributed by atoms with Gasteiger partial charge in [-0.05, 0) is 42.5 Å². The van der Waals surface area contributed by atoms with Crippen molar-refractivity contribution in [3.63, 3.8) is 0 Å². The number of anilines is 1. The topological polar surface area (TPSA) is 142 Å². The molecule has 1 aromatic carbocycles. The summed E-state index contributed by atoms with van der Waals surface area (Å²) in [5.41, 5.74) is 1.69. The molecule has 3 aromatic rings. The first kappa shape index (κ1) is 25.8. The van der Waals surface area contributed by atoms with Gasteiger partial charge < -0.3 is 20.6 Å². The molecule has 3 heterocycles. The van der Waals surface area contributed by atoms with Gasteiger partial charge in [-0.15, -0.1) is 5.10 Å². The number of nitrogens with one attached hydrogen (secondary N) is 2. The summed E-state index contributed by atoms with van der Waals surface area (Å²) in [5, 5.41) is 25.1. The van der Waals surface area contributed by atoms with Crippen molar-refractivity contribution in [3.8, 4) is 0 Å². The highest BCUT2D eigenvalue weighted by Gasteiger charge is 2.45. The van der Waals surface area contributed by atoms with E-state index in [1.807, 2.05) is 39.1 Å². The number of carbonyl (C=O) groups excluding carboxylic acids is 3. The molecule has 2 fully saturated rings. The normalized spacial score (nSPS) is 20.4. The van der Waals surface area contributed by atoms with Crippen LogP contribution in [0.2, 0.25) is 0 Å². The zero-order valence-electron chi connectivity index (χ0n) is 21.8. The van der Waals surface area contributed by atoms with E-state index in [0.717, 1.165) is 29.4 Å². The highest BCUT2D eigenvalue weighted by molar-refractivity contribution is 6.02. The first-order chi connectivity index (χ1) is 18.1. The van der Waals surface area contributed by atoms with E-state index < -0.39 is 35.4 Å². The molecule has 1 saturated carbocycles. The third-order valence-electron chi connectivity index (χ3n) is 7.05. The second kappa shape index (κ2) is 10.1. The Morgan fingerprint density at radius 3 is 2.68 bits per heavy atom. The minimum Gasteiger partial charge on any atom is -0.391 e. The van der Waals surface area contributed by atoms with E-state index in [2.05, 4.69) is 25.9 Å². The van der Waals surface area contributed by atoms with Gasteiger partial charge in [-0.1, -0.05) is 32.1 Å². The smallest absolute Gasteiger partial charge is 0.248 e. The van der Waals surface area contributed by atoms with Crippen LogP contribution in [0.4, 0.5) is 5.69 Å². The maximum atomic E-state index is 13.8. The van der Waals surface area contributed by atoms with Crippen molar-refractivity contribution in [2.45, 2.75) is 64.1 Å². The molecule has 0 radical (unpaired) electrons. The standard InChI is InChI=1S/C27H33N7O4/c1-27(2,3)24(34-15-21(31-32-34)16-9-10-16)26(38)33-14-17(35)12-22(33)25(37)29-13-23(36)30-20-8-4-7-19-18(20)6-5-11-28-19/h4-8,11,15-17,22,24,35H,9-10,12-14H2,1-3H3,(H,29,37)(H,30,36)/t17-,22+,24-/m1/s1. The highest BCUT2D eigenvalue weighted by Crippen LogP contribution is 2.40. The number of rotatable bonds is 7. The molecule has 0 bridgehead atoms. The first-order valence-corrected chi connectivity index (χ1v) is 12.9. The van der Waals surface area contributed by atoms with Crippen molar-refractivity contribution in [1.82, 2.24) is 30.2 Å². The monoisotopic (exact) mass is 519 g/mol. The number of aliphatic hydroxyl groups is 1. The van der Waals surface area contributed by atoms with Crippen LogP contribution < -0.4 is 10.6 Å². The first-order valence-electron chi connectivity index (χ1n) is 12.9. The minimum atomic E-state index is -0.900. The van der Waals surface area contributed by atoms with Gasteiger partial charge in [0.1, 0.15) is 12.1 Å². The molecule has 11 heteroatoms. The Balaban J connectivity index is 1.26. The maximum absolute atomic E-state index is 13.8. The molecular formula is C27H33N7O4. The molecule has 0 spiro atoms. The number of fused-ring (bicyclic) bond motifs is 1. The average molecular weight is 520 g/mol. The van der Waals surface area contributed by atoms with Crippen molar-refractivity contribution >= 4 is 34.3 Å². The number of hydrogen-bond acceptors (Lipinski definition) is 7. The molecule has 38 heavy (non-hydrogen) atoms. The van der Waals surface area contributed by atoms with E-state index in [-0.39, 0.29) is 25.4 Å². The van der Waals surface area contributed by atoms with Gasteiger partial charge in [0, 0.05) is 36.7 Å². The summed E-state index contributed by atoms with van der Waals surface area (Å²) < 4.78 is 1.59. The number of amides is 3. The predicted molar refractivity (Wildman–Crippen MR) is 140 cm³/mol. The van der Waals surface area contributed by atoms with Crippen LogP contribution in [-0.4, -0.2) is 72.9 Å². The molecule has 3 N–H and O–H groups in total. The fourth-order valence-electron chi connectivity index (χ4n) is 5.02. The summed E-state index contributed by atoms with van der Waals surface area (Å²) in [6, 6.07) is 7.45. The summed E-state index contributed by atoms with van der Waals surface area (Å²) in [5.74, 6) is -0.819. The molecule has 5 rings (SSSR count). The van der Waals surface area contributed by atoms with Crippen LogP contribution in [0.15, 0.2) is 42.7 Å². The van der Waals surface area contributed by atoms with E-state index in [1.54, 1.807) is 29.1 Å². The van der Waals surface area contributed by atoms with Crippen molar-refractivity contribution < 1.29 is 19.5 Å². The van der Waals surface area contributed by atoms with Gasteiger partial charge >= 0.3 is 0 Å². The van der Waals surface area contributed by atoms with E-state index in [9.17, 15) is 19.5 Å². The van der Waals surface area contributed by atoms with Gasteiger partial charge in [0.25, 0.3) is 0 Å². The summed E-state index contributed by atoms with van der Waals surface area (Å²) in [4.78, 5) is 45.3. The number of hydrogen-bond donors (Lipinski definition) is 3. The SMILES string of the molecule is CC(C)(C)[C@@H](C(=O)N1C[C@H](O)C[C@H]1C(=O)NCC(=O)Nc1cccc2ncccc12)n1cc(C2CC2)nn1. The van der Waals surface area contributed by atoms with E-state index in [1.165, 1.54) is 4.90 Å². The summed E-state index contributed by atoms with van der Waals surface area (Å²) in [6.07, 6.45) is 4.88. The van der Waals surface area contributed by atoms with E-state index in [0.29, 0.717) is 11.6 Å². The van der Waals surface area contributed by atoms with Crippen molar-refractivity contribution in [2.75, 3.05) is 18.4 Å². The Morgan fingerprint density at radius 1 is 1.16 bits per heavy atom. The quantitative estimate of drug-likeness (QED) is 0.433. The zero-order valence-corrected chi connectivity index (χ0v) is 21.8. The molecule has 1 aliphatic carbocycles. The zero-order chi connectivity index (χ0) is 27.0. The van der Waals surface area contributed by atoms with Crippen LogP contribution in [0.1, 0.15) is 57.7 Å². The van der Waals surface area contributed by atoms with E-state index >= 15 is 0 Å². The average Bonchev–Trinajstić information content (AvgIpc) is 3.48. The molecular weight excluding hydrogens is 486 g/mol. The van der Waals surface area contributed by atoms with Crippen LogP contribution >= 0.6 is 0 Å². The van der Waals surface area contributed by atoms with Gasteiger partial charge in [-0.2, -0.15) is 0 Å². The molecule has 0 unspecified atom stereocenters. The van der Waals surface area contributed by atoms with Gasteiger partial charge in [0.2, 0.25) is 17.7 Å². The Hall–Kier alpha value is -3.86. The van der Waals surface area contributed by atoms with Crippen molar-refractivity contribution in [3.05, 3.63) is 48.4 Å². The number of carbonyl (C=O) groups is 3. The number of nitrogens with zero attached hydrogens (tertiary/aromatic N) is 5. The van der Waals surface area contributed by atoms with Crippen LogP contribution in [-0.2, 0) is 14.4 Å². The lowest BCUT2D eigenvalue weighted by atomic mass is 9.85. The van der Waals surface area contributed by atoms with E-state index in [4.69, 9.17) is 0 Å². The third-order valence-corrected chi connectivity index (χ3v) is 7.05. The Bertz CT molecular complexity index is 1360. The number of benzene rings is 1. The van der Waals surface area contributed by atoms with Crippen LogP contribution in [0.25, 0.3) is 10.9 Å². The van der Waals surface area contributed by atoms with Gasteiger partial charge in [-0.25, -0.2) is 4.68 Å².